The van der Waals surface area contributed by atoms with Gasteiger partial charge in [-0.15, -0.1) is 0 Å². The van der Waals surface area contributed by atoms with Crippen molar-refractivity contribution in [2.24, 2.45) is 23.7 Å². The van der Waals surface area contributed by atoms with E-state index < -0.39 is 30.1 Å². The fourth-order valence-corrected chi connectivity index (χ4v) is 5.81. The van der Waals surface area contributed by atoms with Crippen molar-refractivity contribution in [3.63, 3.8) is 0 Å². The molecule has 0 bridgehead atoms. The average molecular weight is 463 g/mol. The maximum Gasteiger partial charge on any atom is 0.311 e. The summed E-state index contributed by atoms with van der Waals surface area (Å²) in [6.07, 6.45) is 1.85. The molecule has 0 spiro atoms. The normalized spacial score (nSPS) is 38.0. The van der Waals surface area contributed by atoms with Crippen LogP contribution in [0.25, 0.3) is 0 Å². The van der Waals surface area contributed by atoms with Crippen LogP contribution >= 0.6 is 0 Å². The second-order valence-electron chi connectivity index (χ2n) is 9.84. The van der Waals surface area contributed by atoms with E-state index >= 15 is 0 Å². The number of carbonyl (C=O) groups is 2. The Morgan fingerprint density at radius 1 is 1.03 bits per heavy atom. The predicted molar refractivity (Wildman–Crippen MR) is 118 cm³/mol. The van der Waals surface area contributed by atoms with Crippen LogP contribution in [-0.4, -0.2) is 46.4 Å². The molecule has 4 rings (SSSR count). The van der Waals surface area contributed by atoms with Gasteiger partial charge in [0.2, 0.25) is 6.29 Å². The summed E-state index contributed by atoms with van der Waals surface area (Å²) in [6.45, 7) is 6.27. The van der Waals surface area contributed by atoms with E-state index in [1.165, 1.54) is 0 Å². The van der Waals surface area contributed by atoms with Crippen molar-refractivity contribution < 1.29 is 38.7 Å². The smallest absolute Gasteiger partial charge is 0.311 e. The first kappa shape index (κ1) is 24.0. The molecule has 1 aromatic rings. The number of aliphatic hydroxyl groups is 1. The molecule has 1 saturated carbocycles. The molecule has 8 atom stereocenters. The first-order valence-corrected chi connectivity index (χ1v) is 11.9. The first-order chi connectivity index (χ1) is 15.7. The topological polar surface area (TPSA) is 112 Å². The van der Waals surface area contributed by atoms with Crippen molar-refractivity contribution in [3.8, 4) is 11.5 Å². The van der Waals surface area contributed by atoms with Crippen molar-refractivity contribution in [3.05, 3.63) is 24.3 Å². The van der Waals surface area contributed by atoms with E-state index in [-0.39, 0.29) is 42.4 Å². The minimum atomic E-state index is -1.05. The van der Waals surface area contributed by atoms with Gasteiger partial charge in [-0.3, -0.25) is 9.59 Å². The predicted octanol–water partition coefficient (Wildman–Crippen LogP) is 3.75. The third kappa shape index (κ3) is 4.88. The number of hydrogen-bond acceptors (Lipinski definition) is 7. The van der Waals surface area contributed by atoms with Gasteiger partial charge in [0.1, 0.15) is 17.1 Å². The van der Waals surface area contributed by atoms with Crippen LogP contribution < -0.4 is 9.47 Å². The molecule has 2 saturated heterocycles. The van der Waals surface area contributed by atoms with Crippen molar-refractivity contribution in [2.45, 2.75) is 83.6 Å². The molecule has 182 valence electrons. The van der Waals surface area contributed by atoms with Crippen LogP contribution in [0.3, 0.4) is 0 Å². The molecule has 0 radical (unpaired) electrons. The molecule has 0 aromatic heterocycles. The lowest BCUT2D eigenvalue weighted by atomic mass is 9.58. The molecule has 2 aliphatic heterocycles. The van der Waals surface area contributed by atoms with Crippen molar-refractivity contribution in [1.29, 1.82) is 0 Å². The van der Waals surface area contributed by atoms with Gasteiger partial charge in [-0.2, -0.15) is 0 Å². The van der Waals surface area contributed by atoms with Gasteiger partial charge in [-0.25, -0.2) is 0 Å². The number of rotatable bonds is 6. The summed E-state index contributed by atoms with van der Waals surface area (Å²) in [5.74, 6) is -0.486. The number of aliphatic carboxylic acids is 1. The van der Waals surface area contributed by atoms with Crippen molar-refractivity contribution in [1.82, 2.24) is 0 Å². The molecular weight excluding hydrogens is 428 g/mol. The number of hydrogen-bond donors (Lipinski definition) is 2. The van der Waals surface area contributed by atoms with E-state index in [0.29, 0.717) is 11.7 Å². The highest BCUT2D eigenvalue weighted by molar-refractivity contribution is 5.78. The van der Waals surface area contributed by atoms with Gasteiger partial charge in [-0.1, -0.05) is 19.9 Å². The summed E-state index contributed by atoms with van der Waals surface area (Å²) in [5.41, 5.74) is -1.04. The highest BCUT2D eigenvalue weighted by Gasteiger charge is 2.62. The third-order valence-corrected chi connectivity index (χ3v) is 7.58. The Kier molecular flexibility index (Phi) is 6.98. The summed E-state index contributed by atoms with van der Waals surface area (Å²) in [4.78, 5) is 22.5. The Morgan fingerprint density at radius 3 is 2.52 bits per heavy atom. The quantitative estimate of drug-likeness (QED) is 0.486. The van der Waals surface area contributed by atoms with E-state index in [1.54, 1.807) is 24.3 Å². The summed E-state index contributed by atoms with van der Waals surface area (Å²) in [5, 5.41) is 20.6. The molecule has 3 aliphatic rings. The highest BCUT2D eigenvalue weighted by atomic mass is 16.8. The van der Waals surface area contributed by atoms with Gasteiger partial charge in [0, 0.05) is 17.9 Å². The fraction of sp³-hybridized carbons (Fsp3) is 0.680. The van der Waals surface area contributed by atoms with Crippen LogP contribution in [0.2, 0.25) is 0 Å². The average Bonchev–Trinajstić information content (AvgIpc) is 2.88. The van der Waals surface area contributed by atoms with Crippen LogP contribution in [0.1, 0.15) is 59.3 Å². The van der Waals surface area contributed by atoms with E-state index in [9.17, 15) is 14.7 Å². The lowest BCUT2D eigenvalue weighted by molar-refractivity contribution is -0.369. The second kappa shape index (κ2) is 9.60. The van der Waals surface area contributed by atoms with Crippen LogP contribution in [0, 0.1) is 23.7 Å². The molecule has 8 nitrogen and oxygen atoms in total. The molecular formula is C25H34O8. The highest BCUT2D eigenvalue weighted by Crippen LogP contribution is 2.55. The summed E-state index contributed by atoms with van der Waals surface area (Å²) >= 11 is 0. The fourth-order valence-electron chi connectivity index (χ4n) is 5.81. The van der Waals surface area contributed by atoms with Crippen molar-refractivity contribution in [2.75, 3.05) is 0 Å². The van der Waals surface area contributed by atoms with Crippen molar-refractivity contribution >= 4 is 11.9 Å². The standard InChI is InChI=1S/C25H34O8/c1-14-7-9-20-16(3)23(33-24-25(20,29)19(14)10-8-15(2)30-24)32-18-6-4-5-17(13-18)31-22(28)12-11-21(26)27/h4-6,13-16,19-20,23-24,29H,7-12H2,1-3H3,(H,26,27)/t14-,15?,16?,19?,20?,23?,24?,25-/m1/s1. The first-order valence-electron chi connectivity index (χ1n) is 11.9. The van der Waals surface area contributed by atoms with E-state index in [4.69, 9.17) is 24.1 Å². The van der Waals surface area contributed by atoms with Crippen LogP contribution in [-0.2, 0) is 19.1 Å². The molecule has 1 aliphatic carbocycles. The van der Waals surface area contributed by atoms with Crippen LogP contribution in [0.15, 0.2) is 24.3 Å². The minimum Gasteiger partial charge on any atom is -0.481 e. The molecule has 1 aromatic carbocycles. The zero-order chi connectivity index (χ0) is 23.8. The number of benzene rings is 1. The van der Waals surface area contributed by atoms with Gasteiger partial charge in [-0.05, 0) is 56.6 Å². The largest absolute Gasteiger partial charge is 0.481 e. The molecule has 8 heteroatoms. The molecule has 6 unspecified atom stereocenters. The van der Waals surface area contributed by atoms with Gasteiger partial charge in [0.25, 0.3) is 0 Å². The monoisotopic (exact) mass is 462 g/mol. The number of carbonyl (C=O) groups excluding carboxylic acids is 1. The van der Waals surface area contributed by atoms with Gasteiger partial charge in [0.05, 0.1) is 18.9 Å². The summed E-state index contributed by atoms with van der Waals surface area (Å²) < 4.78 is 23.9. The summed E-state index contributed by atoms with van der Waals surface area (Å²) in [7, 11) is 0. The molecule has 3 fully saturated rings. The Balaban J connectivity index is 1.49. The molecule has 33 heavy (non-hydrogen) atoms. The Morgan fingerprint density at radius 2 is 1.76 bits per heavy atom. The van der Waals surface area contributed by atoms with E-state index in [1.807, 2.05) is 13.8 Å². The number of ether oxygens (including phenoxy) is 4. The summed E-state index contributed by atoms with van der Waals surface area (Å²) in [6, 6.07) is 6.63. The molecule has 0 amide bonds. The lowest BCUT2D eigenvalue weighted by Gasteiger charge is -2.57. The van der Waals surface area contributed by atoms with Gasteiger partial charge in [0.15, 0.2) is 6.29 Å². The maximum absolute atomic E-state index is 11.9. The number of carboxylic acid groups (broad SMARTS) is 1. The number of carboxylic acids is 1. The van der Waals surface area contributed by atoms with E-state index in [0.717, 1.165) is 25.7 Å². The Labute approximate surface area is 194 Å². The Bertz CT molecular complexity index is 872. The number of esters is 1. The molecule has 2 heterocycles. The minimum absolute atomic E-state index is 0.00946. The lowest BCUT2D eigenvalue weighted by Crippen LogP contribution is -2.67. The van der Waals surface area contributed by atoms with Crippen LogP contribution in [0.5, 0.6) is 11.5 Å². The third-order valence-electron chi connectivity index (χ3n) is 7.58. The zero-order valence-corrected chi connectivity index (χ0v) is 19.4. The van der Waals surface area contributed by atoms with Crippen LogP contribution in [0.4, 0.5) is 0 Å². The maximum atomic E-state index is 11.9. The second-order valence-corrected chi connectivity index (χ2v) is 9.84. The van der Waals surface area contributed by atoms with E-state index in [2.05, 4.69) is 6.92 Å². The molecule has 2 N–H and O–H groups in total. The zero-order valence-electron chi connectivity index (χ0n) is 19.4. The van der Waals surface area contributed by atoms with Gasteiger partial charge < -0.3 is 29.2 Å². The SMILES string of the molecule is CC1CCC2[C@H](C)CCC3C(C)C(Oc4cccc(OC(=O)CCC(=O)O)c4)OC(O1)[C@]32O. The van der Waals surface area contributed by atoms with Gasteiger partial charge >= 0.3 is 11.9 Å². The Hall–Kier alpha value is -2.16.